The van der Waals surface area contributed by atoms with Gasteiger partial charge in [-0.05, 0) is 57.7 Å². The molecule has 0 aliphatic heterocycles. The van der Waals surface area contributed by atoms with E-state index in [1.165, 1.54) is 11.3 Å². The molecule has 4 nitrogen and oxygen atoms in total. The second-order valence-corrected chi connectivity index (χ2v) is 8.53. The summed E-state index contributed by atoms with van der Waals surface area (Å²) in [4.78, 5) is 26.1. The Morgan fingerprint density at radius 2 is 1.74 bits per heavy atom. The summed E-state index contributed by atoms with van der Waals surface area (Å²) in [6.07, 6.45) is 0.401. The maximum absolute atomic E-state index is 12.2. The number of thioether (sulfide) groups is 1. The Balaban J connectivity index is 1.50. The van der Waals surface area contributed by atoms with Gasteiger partial charge in [0.05, 0.1) is 4.88 Å². The number of thiophene rings is 1. The van der Waals surface area contributed by atoms with Crippen LogP contribution in [0.15, 0.2) is 75.4 Å². The van der Waals surface area contributed by atoms with Crippen molar-refractivity contribution in [1.82, 2.24) is 0 Å². The minimum atomic E-state index is -0.154. The second kappa shape index (κ2) is 9.73. The van der Waals surface area contributed by atoms with Gasteiger partial charge in [-0.25, -0.2) is 0 Å². The molecule has 0 bridgehead atoms. The molecule has 2 N–H and O–H groups in total. The van der Waals surface area contributed by atoms with Gasteiger partial charge in [0.25, 0.3) is 5.91 Å². The van der Waals surface area contributed by atoms with E-state index in [0.717, 1.165) is 9.37 Å². The first-order chi connectivity index (χ1) is 13.1. The van der Waals surface area contributed by atoms with Gasteiger partial charge in [-0.3, -0.25) is 9.59 Å². The van der Waals surface area contributed by atoms with Crippen LogP contribution in [0.3, 0.4) is 0 Å². The summed E-state index contributed by atoms with van der Waals surface area (Å²) < 4.78 is 1.03. The molecule has 0 aliphatic carbocycles. The van der Waals surface area contributed by atoms with E-state index < -0.39 is 0 Å². The van der Waals surface area contributed by atoms with E-state index in [1.807, 2.05) is 35.7 Å². The lowest BCUT2D eigenvalue weighted by molar-refractivity contribution is -0.115. The van der Waals surface area contributed by atoms with Gasteiger partial charge in [0, 0.05) is 32.9 Å². The number of amides is 2. The first-order valence-corrected chi connectivity index (χ1v) is 10.9. The number of nitrogens with one attached hydrogen (secondary N) is 2. The van der Waals surface area contributed by atoms with Crippen LogP contribution in [0.4, 0.5) is 11.4 Å². The summed E-state index contributed by atoms with van der Waals surface area (Å²) in [6, 6.07) is 18.7. The van der Waals surface area contributed by atoms with E-state index in [9.17, 15) is 9.59 Å². The number of halogens is 1. The van der Waals surface area contributed by atoms with Crippen LogP contribution >= 0.6 is 39.0 Å². The second-order valence-electron chi connectivity index (χ2n) is 5.59. The number of hydrogen-bond acceptors (Lipinski definition) is 4. The third kappa shape index (κ3) is 5.95. The maximum atomic E-state index is 12.2. The number of anilines is 2. The topological polar surface area (TPSA) is 58.2 Å². The van der Waals surface area contributed by atoms with Crippen LogP contribution in [0.1, 0.15) is 16.1 Å². The zero-order valence-electron chi connectivity index (χ0n) is 14.3. The molecule has 3 aromatic rings. The van der Waals surface area contributed by atoms with E-state index >= 15 is 0 Å². The van der Waals surface area contributed by atoms with Crippen LogP contribution < -0.4 is 10.6 Å². The van der Waals surface area contributed by atoms with Crippen molar-refractivity contribution in [3.63, 3.8) is 0 Å². The molecule has 0 atom stereocenters. The van der Waals surface area contributed by atoms with Crippen molar-refractivity contribution in [2.45, 2.75) is 11.3 Å². The summed E-state index contributed by atoms with van der Waals surface area (Å²) in [5, 5.41) is 7.58. The first-order valence-electron chi connectivity index (χ1n) is 8.24. The average Bonchev–Trinajstić information content (AvgIpc) is 3.18. The van der Waals surface area contributed by atoms with E-state index in [4.69, 9.17) is 0 Å². The maximum Gasteiger partial charge on any atom is 0.265 e. The lowest BCUT2D eigenvalue weighted by Gasteiger charge is -2.09. The monoisotopic (exact) mass is 460 g/mol. The highest BCUT2D eigenvalue weighted by molar-refractivity contribution is 9.10. The third-order valence-corrected chi connectivity index (χ3v) is 6.47. The van der Waals surface area contributed by atoms with Crippen LogP contribution in [0.2, 0.25) is 0 Å². The fourth-order valence-corrected chi connectivity index (χ4v) is 4.45. The minimum absolute atomic E-state index is 0.0590. The molecule has 1 heterocycles. The van der Waals surface area contributed by atoms with Crippen molar-refractivity contribution in [3.8, 4) is 0 Å². The summed E-state index contributed by atoms with van der Waals surface area (Å²) >= 11 is 6.52. The Kier molecular flexibility index (Phi) is 7.09. The number of carbonyl (C=O) groups is 2. The SMILES string of the molecule is O=C(CCSc1ccccc1Br)Nc1cccc(NC(=O)c2cccs2)c1. The van der Waals surface area contributed by atoms with Gasteiger partial charge < -0.3 is 10.6 Å². The van der Waals surface area contributed by atoms with E-state index in [0.29, 0.717) is 28.4 Å². The lowest BCUT2D eigenvalue weighted by Crippen LogP contribution is -2.13. The van der Waals surface area contributed by atoms with Crippen LogP contribution in [-0.4, -0.2) is 17.6 Å². The average molecular weight is 461 g/mol. The Bertz CT molecular complexity index is 929. The zero-order chi connectivity index (χ0) is 19.1. The highest BCUT2D eigenvalue weighted by atomic mass is 79.9. The van der Waals surface area contributed by atoms with Crippen LogP contribution in [-0.2, 0) is 4.79 Å². The molecule has 3 rings (SSSR count). The molecule has 0 saturated carbocycles. The Hall–Kier alpha value is -2.09. The Labute approximate surface area is 174 Å². The van der Waals surface area contributed by atoms with E-state index in [-0.39, 0.29) is 11.8 Å². The normalized spacial score (nSPS) is 10.4. The van der Waals surface area contributed by atoms with Gasteiger partial charge in [-0.1, -0.05) is 24.3 Å². The van der Waals surface area contributed by atoms with Crippen molar-refractivity contribution in [2.24, 2.45) is 0 Å². The van der Waals surface area contributed by atoms with Gasteiger partial charge >= 0.3 is 0 Å². The molecule has 0 radical (unpaired) electrons. The molecule has 7 heteroatoms. The standard InChI is InChI=1S/C20H17BrN2O2S2/c21-16-7-1-2-8-17(16)27-12-10-19(24)22-14-5-3-6-15(13-14)23-20(25)18-9-4-11-26-18/h1-9,11,13H,10,12H2,(H,22,24)(H,23,25). The van der Waals surface area contributed by atoms with Gasteiger partial charge in [0.1, 0.15) is 0 Å². The third-order valence-electron chi connectivity index (χ3n) is 3.57. The highest BCUT2D eigenvalue weighted by Crippen LogP contribution is 2.27. The molecular weight excluding hydrogens is 444 g/mol. The largest absolute Gasteiger partial charge is 0.326 e. The molecular formula is C20H17BrN2O2S2. The Morgan fingerprint density at radius 1 is 0.963 bits per heavy atom. The van der Waals surface area contributed by atoms with Gasteiger partial charge in [-0.15, -0.1) is 23.1 Å². The number of benzene rings is 2. The molecule has 2 aromatic carbocycles. The summed E-state index contributed by atoms with van der Waals surface area (Å²) in [6.45, 7) is 0. The summed E-state index contributed by atoms with van der Waals surface area (Å²) in [7, 11) is 0. The number of rotatable bonds is 7. The fraction of sp³-hybridized carbons (Fsp3) is 0.100. The predicted octanol–water partition coefficient (Wildman–Crippen LogP) is 5.88. The molecule has 1 aromatic heterocycles. The molecule has 27 heavy (non-hydrogen) atoms. The first kappa shape index (κ1) is 19.7. The summed E-state index contributed by atoms with van der Waals surface area (Å²) in [5.41, 5.74) is 1.31. The van der Waals surface area contributed by atoms with Crippen molar-refractivity contribution in [2.75, 3.05) is 16.4 Å². The molecule has 0 unspecified atom stereocenters. The van der Waals surface area contributed by atoms with Gasteiger partial charge in [0.2, 0.25) is 5.91 Å². The van der Waals surface area contributed by atoms with Crippen LogP contribution in [0, 0.1) is 0 Å². The zero-order valence-corrected chi connectivity index (χ0v) is 17.5. The minimum Gasteiger partial charge on any atom is -0.326 e. The molecule has 0 saturated heterocycles. The van der Waals surface area contributed by atoms with E-state index in [1.54, 1.807) is 42.1 Å². The molecule has 0 fully saturated rings. The Morgan fingerprint density at radius 3 is 2.48 bits per heavy atom. The lowest BCUT2D eigenvalue weighted by atomic mass is 10.2. The number of carbonyl (C=O) groups excluding carboxylic acids is 2. The smallest absolute Gasteiger partial charge is 0.265 e. The summed E-state index contributed by atoms with van der Waals surface area (Å²) in [5.74, 6) is 0.470. The molecule has 2 amide bonds. The van der Waals surface area contributed by atoms with Crippen molar-refractivity contribution >= 4 is 62.2 Å². The fourth-order valence-electron chi connectivity index (χ4n) is 2.31. The molecule has 0 spiro atoms. The molecule has 0 aliphatic rings. The van der Waals surface area contributed by atoms with Crippen molar-refractivity contribution in [3.05, 3.63) is 75.4 Å². The van der Waals surface area contributed by atoms with Crippen LogP contribution in [0.25, 0.3) is 0 Å². The van der Waals surface area contributed by atoms with E-state index in [2.05, 4.69) is 26.6 Å². The van der Waals surface area contributed by atoms with Crippen LogP contribution in [0.5, 0.6) is 0 Å². The molecule has 138 valence electrons. The quantitative estimate of drug-likeness (QED) is 0.432. The van der Waals surface area contributed by atoms with Gasteiger partial charge in [-0.2, -0.15) is 0 Å². The van der Waals surface area contributed by atoms with Gasteiger partial charge in [0.15, 0.2) is 0 Å². The predicted molar refractivity (Wildman–Crippen MR) is 117 cm³/mol. The highest BCUT2D eigenvalue weighted by Gasteiger charge is 2.08. The van der Waals surface area contributed by atoms with Crippen molar-refractivity contribution < 1.29 is 9.59 Å². The number of hydrogen-bond donors (Lipinski definition) is 2. The van der Waals surface area contributed by atoms with Crippen molar-refractivity contribution in [1.29, 1.82) is 0 Å².